The van der Waals surface area contributed by atoms with E-state index in [-0.39, 0.29) is 28.3 Å². The van der Waals surface area contributed by atoms with Gasteiger partial charge in [-0.25, -0.2) is 0 Å². The summed E-state index contributed by atoms with van der Waals surface area (Å²) in [6.07, 6.45) is 11.9. The monoisotopic (exact) mass is 414 g/mol. The number of ether oxygens (including phenoxy) is 1. The third-order valence-corrected chi connectivity index (χ3v) is 10.1. The molecule has 4 aliphatic rings. The Kier molecular flexibility index (Phi) is 5.53. The number of aliphatic hydroxyl groups is 1. The standard InChI is InChI=1S/C27H42O3/c1-17(7-12-24(29)30-6)19-9-10-20-18-8-11-22-25(2,3)23(28)14-16-27(22,5)21(18)13-15-26(19,20)4/h10,17,19,22-23,28H,7-9,11-16H2,1-6H3/t17-,19-,22+,23?,26-,27-/m1/s1. The van der Waals surface area contributed by atoms with Crippen LogP contribution in [-0.2, 0) is 9.53 Å². The van der Waals surface area contributed by atoms with Crippen molar-refractivity contribution in [2.24, 2.45) is 34.0 Å². The highest BCUT2D eigenvalue weighted by atomic mass is 16.5. The van der Waals surface area contributed by atoms with Crippen molar-refractivity contribution in [3.8, 4) is 0 Å². The van der Waals surface area contributed by atoms with Gasteiger partial charge < -0.3 is 9.84 Å². The number of aliphatic hydroxyl groups excluding tert-OH is 1. The molecule has 0 aromatic heterocycles. The lowest BCUT2D eigenvalue weighted by Gasteiger charge is -2.59. The minimum absolute atomic E-state index is 0.00126. The summed E-state index contributed by atoms with van der Waals surface area (Å²) in [5.41, 5.74) is 5.54. The molecule has 1 unspecified atom stereocenters. The number of hydrogen-bond acceptors (Lipinski definition) is 3. The summed E-state index contributed by atoms with van der Waals surface area (Å²) in [6, 6.07) is 0. The van der Waals surface area contributed by atoms with Crippen molar-refractivity contribution >= 4 is 5.97 Å². The first-order chi connectivity index (χ1) is 14.1. The van der Waals surface area contributed by atoms with Crippen molar-refractivity contribution < 1.29 is 14.6 Å². The van der Waals surface area contributed by atoms with E-state index < -0.39 is 0 Å². The Morgan fingerprint density at radius 3 is 2.60 bits per heavy atom. The van der Waals surface area contributed by atoms with Crippen LogP contribution in [0.5, 0.6) is 0 Å². The number of hydrogen-bond donors (Lipinski definition) is 1. The average Bonchev–Trinajstić information content (AvgIpc) is 3.06. The highest BCUT2D eigenvalue weighted by Crippen LogP contribution is 2.66. The van der Waals surface area contributed by atoms with Gasteiger partial charge in [0.05, 0.1) is 13.2 Å². The first-order valence-corrected chi connectivity index (χ1v) is 12.2. The average molecular weight is 415 g/mol. The summed E-state index contributed by atoms with van der Waals surface area (Å²) in [5, 5.41) is 10.7. The predicted octanol–water partition coefficient (Wildman–Crippen LogP) is 6.22. The lowest BCUT2D eigenvalue weighted by molar-refractivity contribution is -0.141. The van der Waals surface area contributed by atoms with E-state index in [1.54, 1.807) is 16.7 Å². The maximum Gasteiger partial charge on any atom is 0.305 e. The van der Waals surface area contributed by atoms with Crippen molar-refractivity contribution in [2.45, 2.75) is 98.5 Å². The molecule has 0 heterocycles. The molecule has 0 aliphatic heterocycles. The maximum absolute atomic E-state index is 11.7. The fourth-order valence-corrected chi connectivity index (χ4v) is 8.23. The molecule has 1 saturated carbocycles. The Bertz CT molecular complexity index is 775. The van der Waals surface area contributed by atoms with E-state index in [1.165, 1.54) is 32.8 Å². The highest BCUT2D eigenvalue weighted by molar-refractivity contribution is 5.69. The second-order valence-electron chi connectivity index (χ2n) is 11.8. The van der Waals surface area contributed by atoms with Crippen LogP contribution < -0.4 is 0 Å². The second-order valence-corrected chi connectivity index (χ2v) is 11.8. The normalized spacial score (nSPS) is 40.8. The Balaban J connectivity index is 1.60. The molecule has 168 valence electrons. The molecule has 0 bridgehead atoms. The molecule has 1 N–H and O–H groups in total. The summed E-state index contributed by atoms with van der Waals surface area (Å²) in [7, 11) is 1.49. The van der Waals surface area contributed by atoms with E-state index in [0.29, 0.717) is 24.2 Å². The summed E-state index contributed by atoms with van der Waals surface area (Å²) >= 11 is 0. The largest absolute Gasteiger partial charge is 0.469 e. The molecule has 1 fully saturated rings. The van der Waals surface area contributed by atoms with Crippen molar-refractivity contribution in [3.63, 3.8) is 0 Å². The van der Waals surface area contributed by atoms with Crippen LogP contribution in [0, 0.1) is 34.0 Å². The number of allylic oxidation sites excluding steroid dienone is 4. The fraction of sp³-hybridized carbons (Fsp3) is 0.815. The first-order valence-electron chi connectivity index (χ1n) is 12.2. The summed E-state index contributed by atoms with van der Waals surface area (Å²) < 4.78 is 4.87. The van der Waals surface area contributed by atoms with E-state index in [0.717, 1.165) is 25.7 Å². The number of carbonyl (C=O) groups excluding carboxylic acids is 1. The zero-order chi connectivity index (χ0) is 21.9. The molecule has 0 saturated heterocycles. The lowest BCUT2D eigenvalue weighted by atomic mass is 9.46. The zero-order valence-corrected chi connectivity index (χ0v) is 20.0. The van der Waals surface area contributed by atoms with Crippen molar-refractivity contribution in [2.75, 3.05) is 7.11 Å². The summed E-state index contributed by atoms with van der Waals surface area (Å²) in [4.78, 5) is 11.7. The summed E-state index contributed by atoms with van der Waals surface area (Å²) in [6.45, 7) is 11.9. The number of esters is 1. The molecule has 0 aromatic carbocycles. The molecule has 4 rings (SSSR count). The van der Waals surface area contributed by atoms with Gasteiger partial charge in [-0.1, -0.05) is 46.3 Å². The van der Waals surface area contributed by atoms with Gasteiger partial charge in [-0.3, -0.25) is 4.79 Å². The van der Waals surface area contributed by atoms with E-state index in [9.17, 15) is 9.90 Å². The van der Waals surface area contributed by atoms with Crippen LogP contribution >= 0.6 is 0 Å². The number of fused-ring (bicyclic) bond motifs is 4. The lowest BCUT2D eigenvalue weighted by Crippen LogP contribution is -2.53. The second kappa shape index (κ2) is 7.50. The van der Waals surface area contributed by atoms with Crippen LogP contribution in [0.3, 0.4) is 0 Å². The maximum atomic E-state index is 11.7. The van der Waals surface area contributed by atoms with Crippen LogP contribution in [0.1, 0.15) is 92.4 Å². The molecule has 0 radical (unpaired) electrons. The van der Waals surface area contributed by atoms with Crippen LogP contribution in [0.15, 0.2) is 22.8 Å². The van der Waals surface area contributed by atoms with Crippen LogP contribution in [-0.4, -0.2) is 24.3 Å². The fourth-order valence-electron chi connectivity index (χ4n) is 8.23. The van der Waals surface area contributed by atoms with Crippen molar-refractivity contribution in [1.29, 1.82) is 0 Å². The molecular formula is C27H42O3. The van der Waals surface area contributed by atoms with Crippen molar-refractivity contribution in [1.82, 2.24) is 0 Å². The third kappa shape index (κ3) is 3.14. The first kappa shape index (κ1) is 22.1. The van der Waals surface area contributed by atoms with Gasteiger partial charge >= 0.3 is 5.97 Å². The van der Waals surface area contributed by atoms with Gasteiger partial charge in [0, 0.05) is 6.42 Å². The van der Waals surface area contributed by atoms with Gasteiger partial charge in [-0.2, -0.15) is 0 Å². The molecular weight excluding hydrogens is 372 g/mol. The van der Waals surface area contributed by atoms with E-state index >= 15 is 0 Å². The Morgan fingerprint density at radius 1 is 1.17 bits per heavy atom. The minimum Gasteiger partial charge on any atom is -0.469 e. The van der Waals surface area contributed by atoms with Gasteiger partial charge in [0.1, 0.15) is 0 Å². The van der Waals surface area contributed by atoms with Gasteiger partial charge in [-0.05, 0) is 96.5 Å². The van der Waals surface area contributed by atoms with E-state index in [1.807, 2.05) is 0 Å². The minimum atomic E-state index is -0.169. The molecule has 4 aliphatic carbocycles. The molecule has 3 nitrogen and oxygen atoms in total. The number of methoxy groups -OCH3 is 1. The molecule has 3 heteroatoms. The van der Waals surface area contributed by atoms with Gasteiger partial charge in [0.2, 0.25) is 0 Å². The van der Waals surface area contributed by atoms with E-state index in [2.05, 4.69) is 40.7 Å². The SMILES string of the molecule is COC(=O)CC[C@@H](C)[C@H]1CC=C2C3=C(CC[C@@]21C)[C@@]1(C)CCC(O)C(C)(C)[C@@H]1CC3. The highest BCUT2D eigenvalue weighted by Gasteiger charge is 2.57. The molecule has 0 spiro atoms. The summed E-state index contributed by atoms with van der Waals surface area (Å²) in [5.74, 6) is 1.65. The van der Waals surface area contributed by atoms with E-state index in [4.69, 9.17) is 4.74 Å². The Labute approximate surface area is 183 Å². The quantitative estimate of drug-likeness (QED) is 0.556. The smallest absolute Gasteiger partial charge is 0.305 e. The van der Waals surface area contributed by atoms with Gasteiger partial charge in [0.25, 0.3) is 0 Å². The Morgan fingerprint density at radius 2 is 1.90 bits per heavy atom. The third-order valence-electron chi connectivity index (χ3n) is 10.1. The van der Waals surface area contributed by atoms with Crippen LogP contribution in [0.25, 0.3) is 0 Å². The number of rotatable bonds is 4. The topological polar surface area (TPSA) is 46.5 Å². The van der Waals surface area contributed by atoms with Crippen molar-refractivity contribution in [3.05, 3.63) is 22.8 Å². The van der Waals surface area contributed by atoms with Crippen LogP contribution in [0.4, 0.5) is 0 Å². The predicted molar refractivity (Wildman–Crippen MR) is 121 cm³/mol. The molecule has 0 aromatic rings. The zero-order valence-electron chi connectivity index (χ0n) is 20.0. The van der Waals surface area contributed by atoms with Gasteiger partial charge in [-0.15, -0.1) is 0 Å². The molecule has 6 atom stereocenters. The van der Waals surface area contributed by atoms with Crippen LogP contribution in [0.2, 0.25) is 0 Å². The molecule has 0 amide bonds. The number of carbonyl (C=O) groups is 1. The van der Waals surface area contributed by atoms with Gasteiger partial charge in [0.15, 0.2) is 0 Å². The molecule has 30 heavy (non-hydrogen) atoms. The Hall–Kier alpha value is -1.09.